The van der Waals surface area contributed by atoms with Crippen LogP contribution in [0.1, 0.15) is 18.4 Å². The van der Waals surface area contributed by atoms with Crippen molar-refractivity contribution >= 4 is 28.3 Å². The van der Waals surface area contributed by atoms with Crippen molar-refractivity contribution in [1.29, 1.82) is 0 Å². The lowest BCUT2D eigenvalue weighted by atomic mass is 10.0. The minimum Gasteiger partial charge on any atom is -0.369 e. The molecule has 178 valence electrons. The van der Waals surface area contributed by atoms with Gasteiger partial charge >= 0.3 is 0 Å². The van der Waals surface area contributed by atoms with Gasteiger partial charge in [0.1, 0.15) is 0 Å². The Hall–Kier alpha value is -3.38. The van der Waals surface area contributed by atoms with E-state index in [4.69, 9.17) is 0 Å². The maximum absolute atomic E-state index is 12.3. The number of fused-ring (bicyclic) bond motifs is 1. The molecule has 0 radical (unpaired) electrons. The fourth-order valence-corrected chi connectivity index (χ4v) is 4.48. The highest BCUT2D eigenvalue weighted by Gasteiger charge is 2.16. The molecule has 1 aliphatic heterocycles. The molecule has 1 heterocycles. The van der Waals surface area contributed by atoms with Crippen molar-refractivity contribution in [2.75, 3.05) is 50.7 Å². The lowest BCUT2D eigenvalue weighted by Gasteiger charge is -2.36. The van der Waals surface area contributed by atoms with Crippen LogP contribution >= 0.6 is 0 Å². The summed E-state index contributed by atoms with van der Waals surface area (Å²) in [5.41, 5.74) is 2.27. The van der Waals surface area contributed by atoms with Crippen molar-refractivity contribution in [3.63, 3.8) is 0 Å². The minimum atomic E-state index is -0.138. The molecule has 6 nitrogen and oxygen atoms in total. The van der Waals surface area contributed by atoms with Gasteiger partial charge in [-0.25, -0.2) is 0 Å². The molecule has 34 heavy (non-hydrogen) atoms. The summed E-state index contributed by atoms with van der Waals surface area (Å²) in [4.78, 5) is 29.4. The summed E-state index contributed by atoms with van der Waals surface area (Å²) in [6.45, 7) is 5.97. The number of amides is 2. The van der Waals surface area contributed by atoms with E-state index in [0.29, 0.717) is 6.54 Å². The molecule has 1 aliphatic rings. The fourth-order valence-electron chi connectivity index (χ4n) is 4.48. The number of anilines is 1. The van der Waals surface area contributed by atoms with Crippen LogP contribution in [0.4, 0.5) is 5.69 Å². The molecule has 0 unspecified atom stereocenters. The van der Waals surface area contributed by atoms with E-state index in [2.05, 4.69) is 50.8 Å². The number of nitrogens with zero attached hydrogens (tertiary/aromatic N) is 2. The van der Waals surface area contributed by atoms with E-state index in [9.17, 15) is 9.59 Å². The van der Waals surface area contributed by atoms with Gasteiger partial charge in [-0.2, -0.15) is 0 Å². The molecule has 6 heteroatoms. The molecule has 0 atom stereocenters. The first-order valence-electron chi connectivity index (χ1n) is 12.2. The second-order valence-corrected chi connectivity index (χ2v) is 8.81. The number of carbonyl (C=O) groups is 2. The maximum atomic E-state index is 12.3. The summed E-state index contributed by atoms with van der Waals surface area (Å²) >= 11 is 0. The van der Waals surface area contributed by atoms with Gasteiger partial charge in [-0.15, -0.1) is 0 Å². The molecule has 0 bridgehead atoms. The van der Waals surface area contributed by atoms with Gasteiger partial charge in [0.25, 0.3) is 0 Å². The van der Waals surface area contributed by atoms with Gasteiger partial charge in [0, 0.05) is 38.4 Å². The SMILES string of the molecule is O=C(CNC(=O)Cc1cccc2ccccc12)NCCCCN1CCN(c2ccccc2)CC1. The van der Waals surface area contributed by atoms with Gasteiger partial charge in [0.05, 0.1) is 13.0 Å². The first-order valence-corrected chi connectivity index (χ1v) is 12.2. The summed E-state index contributed by atoms with van der Waals surface area (Å²) in [6, 6.07) is 24.6. The Morgan fingerprint density at radius 1 is 0.735 bits per heavy atom. The smallest absolute Gasteiger partial charge is 0.239 e. The Balaban J connectivity index is 1.07. The zero-order chi connectivity index (χ0) is 23.6. The number of para-hydroxylation sites is 1. The van der Waals surface area contributed by atoms with Crippen molar-refractivity contribution < 1.29 is 9.59 Å². The highest BCUT2D eigenvalue weighted by Crippen LogP contribution is 2.19. The molecule has 1 saturated heterocycles. The van der Waals surface area contributed by atoms with Crippen LogP contribution < -0.4 is 15.5 Å². The van der Waals surface area contributed by atoms with Crippen molar-refractivity contribution in [2.24, 2.45) is 0 Å². The first-order chi connectivity index (χ1) is 16.7. The molecular weight excluding hydrogens is 424 g/mol. The summed E-state index contributed by atoms with van der Waals surface area (Å²) < 4.78 is 0. The number of piperazine rings is 1. The van der Waals surface area contributed by atoms with Gasteiger partial charge in [0.2, 0.25) is 11.8 Å². The fraction of sp³-hybridized carbons (Fsp3) is 0.357. The Kier molecular flexibility index (Phi) is 8.52. The minimum absolute atomic E-state index is 0.0189. The summed E-state index contributed by atoms with van der Waals surface area (Å²) in [5.74, 6) is -0.274. The van der Waals surface area contributed by atoms with Gasteiger partial charge in [-0.1, -0.05) is 60.7 Å². The number of benzene rings is 3. The van der Waals surface area contributed by atoms with Crippen molar-refractivity contribution in [3.05, 3.63) is 78.4 Å². The molecule has 0 aliphatic carbocycles. The lowest BCUT2D eigenvalue weighted by molar-refractivity contribution is -0.125. The molecule has 4 rings (SSSR count). The van der Waals surface area contributed by atoms with E-state index in [-0.39, 0.29) is 24.8 Å². The van der Waals surface area contributed by atoms with Crippen LogP contribution in [0.3, 0.4) is 0 Å². The Bertz CT molecular complexity index is 1070. The quantitative estimate of drug-likeness (QED) is 0.458. The summed E-state index contributed by atoms with van der Waals surface area (Å²) in [6.07, 6.45) is 2.26. The average Bonchev–Trinajstić information content (AvgIpc) is 2.88. The molecule has 3 aromatic carbocycles. The molecule has 2 amide bonds. The second kappa shape index (κ2) is 12.2. The van der Waals surface area contributed by atoms with Gasteiger partial charge < -0.3 is 15.5 Å². The monoisotopic (exact) mass is 458 g/mol. The standard InChI is InChI=1S/C28H34N4O2/c33-27(21-24-11-8-10-23-9-4-5-14-26(23)24)30-22-28(34)29-15-6-7-16-31-17-19-32(20-18-31)25-12-2-1-3-13-25/h1-5,8-14H,6-7,15-22H2,(H,29,34)(H,30,33). The van der Waals surface area contributed by atoms with E-state index in [0.717, 1.165) is 61.9 Å². The Labute approximate surface area is 201 Å². The highest BCUT2D eigenvalue weighted by atomic mass is 16.2. The molecule has 1 fully saturated rings. The van der Waals surface area contributed by atoms with Crippen LogP contribution in [-0.4, -0.2) is 62.5 Å². The largest absolute Gasteiger partial charge is 0.369 e. The number of unbranched alkanes of at least 4 members (excludes halogenated alkanes) is 1. The second-order valence-electron chi connectivity index (χ2n) is 8.81. The predicted molar refractivity (Wildman–Crippen MR) is 138 cm³/mol. The summed E-state index contributed by atoms with van der Waals surface area (Å²) in [5, 5.41) is 7.85. The number of carbonyl (C=O) groups excluding carboxylic acids is 2. The van der Waals surface area contributed by atoms with E-state index in [1.807, 2.05) is 42.5 Å². The predicted octanol–water partition coefficient (Wildman–Crippen LogP) is 3.22. The molecule has 0 saturated carbocycles. The van der Waals surface area contributed by atoms with Crippen LogP contribution in [0.5, 0.6) is 0 Å². The average molecular weight is 459 g/mol. The Morgan fingerprint density at radius 2 is 1.47 bits per heavy atom. The molecular formula is C28H34N4O2. The molecule has 0 spiro atoms. The Morgan fingerprint density at radius 3 is 2.29 bits per heavy atom. The van der Waals surface area contributed by atoms with E-state index < -0.39 is 0 Å². The number of hydrogen-bond acceptors (Lipinski definition) is 4. The maximum Gasteiger partial charge on any atom is 0.239 e. The third kappa shape index (κ3) is 6.81. The van der Waals surface area contributed by atoms with Crippen molar-refractivity contribution in [3.8, 4) is 0 Å². The number of nitrogens with one attached hydrogen (secondary N) is 2. The van der Waals surface area contributed by atoms with Crippen LogP contribution in [-0.2, 0) is 16.0 Å². The third-order valence-corrected chi connectivity index (χ3v) is 6.39. The number of rotatable bonds is 10. The molecule has 0 aromatic heterocycles. The van der Waals surface area contributed by atoms with E-state index in [1.54, 1.807) is 0 Å². The summed E-state index contributed by atoms with van der Waals surface area (Å²) in [7, 11) is 0. The molecule has 2 N–H and O–H groups in total. The third-order valence-electron chi connectivity index (χ3n) is 6.39. The van der Waals surface area contributed by atoms with Crippen LogP contribution in [0, 0.1) is 0 Å². The van der Waals surface area contributed by atoms with Gasteiger partial charge in [-0.05, 0) is 47.9 Å². The van der Waals surface area contributed by atoms with Gasteiger partial charge in [0.15, 0.2) is 0 Å². The first kappa shape index (κ1) is 23.8. The topological polar surface area (TPSA) is 64.7 Å². The number of hydrogen-bond donors (Lipinski definition) is 2. The van der Waals surface area contributed by atoms with Crippen LogP contribution in [0.2, 0.25) is 0 Å². The van der Waals surface area contributed by atoms with Crippen molar-refractivity contribution in [2.45, 2.75) is 19.3 Å². The van der Waals surface area contributed by atoms with E-state index >= 15 is 0 Å². The lowest BCUT2D eigenvalue weighted by Crippen LogP contribution is -2.46. The zero-order valence-electron chi connectivity index (χ0n) is 19.7. The molecule has 3 aromatic rings. The zero-order valence-corrected chi connectivity index (χ0v) is 19.7. The van der Waals surface area contributed by atoms with E-state index in [1.165, 1.54) is 5.69 Å². The normalized spacial score (nSPS) is 14.2. The van der Waals surface area contributed by atoms with Crippen LogP contribution in [0.25, 0.3) is 10.8 Å². The van der Waals surface area contributed by atoms with Crippen molar-refractivity contribution in [1.82, 2.24) is 15.5 Å². The highest BCUT2D eigenvalue weighted by molar-refractivity contribution is 5.91. The van der Waals surface area contributed by atoms with Crippen LogP contribution in [0.15, 0.2) is 72.8 Å². The van der Waals surface area contributed by atoms with Gasteiger partial charge in [-0.3, -0.25) is 14.5 Å².